The van der Waals surface area contributed by atoms with E-state index in [1.54, 1.807) is 28.9 Å². The van der Waals surface area contributed by atoms with Gasteiger partial charge in [0, 0.05) is 35.6 Å². The predicted octanol–water partition coefficient (Wildman–Crippen LogP) is 5.28. The van der Waals surface area contributed by atoms with Crippen molar-refractivity contribution in [2.45, 2.75) is 43.6 Å². The van der Waals surface area contributed by atoms with Gasteiger partial charge in [0.2, 0.25) is 11.1 Å². The highest BCUT2D eigenvalue weighted by molar-refractivity contribution is 7.98. The van der Waals surface area contributed by atoms with Crippen molar-refractivity contribution < 1.29 is 14.1 Å². The summed E-state index contributed by atoms with van der Waals surface area (Å²) < 4.78 is 15.3. The summed E-state index contributed by atoms with van der Waals surface area (Å²) in [5.41, 5.74) is 3.02. The first-order valence-corrected chi connectivity index (χ1v) is 11.8. The molecular formula is C24H22FN5O3S. The van der Waals surface area contributed by atoms with E-state index < -0.39 is 11.0 Å². The van der Waals surface area contributed by atoms with E-state index in [2.05, 4.69) is 29.2 Å². The van der Waals surface area contributed by atoms with Gasteiger partial charge in [0.1, 0.15) is 11.9 Å². The molecule has 1 aliphatic carbocycles. The number of nitro groups is 1. The number of rotatable bonds is 5. The van der Waals surface area contributed by atoms with E-state index in [-0.39, 0.29) is 22.7 Å². The number of anilines is 1. The van der Waals surface area contributed by atoms with Gasteiger partial charge in [-0.15, -0.1) is 5.10 Å². The van der Waals surface area contributed by atoms with Crippen LogP contribution in [0.1, 0.15) is 43.9 Å². The topological polar surface area (TPSA) is 103 Å². The number of allylic oxidation sites excluding steroid dienone is 2. The molecule has 2 aromatic carbocycles. The number of carbonyl (C=O) groups is 1. The quantitative estimate of drug-likeness (QED) is 0.302. The Hall–Kier alpha value is -3.53. The van der Waals surface area contributed by atoms with E-state index in [1.807, 2.05) is 0 Å². The number of nitro benzene ring substituents is 1. The van der Waals surface area contributed by atoms with Crippen LogP contribution in [0.5, 0.6) is 0 Å². The summed E-state index contributed by atoms with van der Waals surface area (Å²) in [5, 5.41) is 19.4. The molecule has 0 unspecified atom stereocenters. The summed E-state index contributed by atoms with van der Waals surface area (Å²) in [7, 11) is 0. The van der Waals surface area contributed by atoms with Crippen molar-refractivity contribution in [2.24, 2.45) is 5.41 Å². The Morgan fingerprint density at radius 2 is 1.88 bits per heavy atom. The Labute approximate surface area is 199 Å². The summed E-state index contributed by atoms with van der Waals surface area (Å²) in [5.74, 6) is 0.766. The number of carbonyl (C=O) groups excluding carboxylic acids is 1. The van der Waals surface area contributed by atoms with Crippen LogP contribution in [0.25, 0.3) is 0 Å². The van der Waals surface area contributed by atoms with Gasteiger partial charge < -0.3 is 5.32 Å². The van der Waals surface area contributed by atoms with Crippen LogP contribution in [0, 0.1) is 21.3 Å². The lowest BCUT2D eigenvalue weighted by atomic mass is 9.73. The molecule has 0 saturated carbocycles. The molecule has 8 nitrogen and oxygen atoms in total. The minimum absolute atomic E-state index is 0.0416. The molecule has 1 N–H and O–H groups in total. The number of hydrogen-bond acceptors (Lipinski definition) is 7. The number of thioether (sulfide) groups is 1. The highest BCUT2D eigenvalue weighted by Crippen LogP contribution is 2.45. The zero-order chi connectivity index (χ0) is 24.0. The Kier molecular flexibility index (Phi) is 5.47. The zero-order valence-electron chi connectivity index (χ0n) is 18.6. The fourth-order valence-electron chi connectivity index (χ4n) is 4.47. The number of benzene rings is 2. The predicted molar refractivity (Wildman–Crippen MR) is 126 cm³/mol. The minimum atomic E-state index is -0.489. The van der Waals surface area contributed by atoms with E-state index in [0.717, 1.165) is 16.8 Å². The average molecular weight is 480 g/mol. The first kappa shape index (κ1) is 22.3. The molecule has 174 valence electrons. The molecule has 0 fully saturated rings. The summed E-state index contributed by atoms with van der Waals surface area (Å²) in [6.07, 6.45) is 1.13. The van der Waals surface area contributed by atoms with Crippen molar-refractivity contribution in [3.05, 3.63) is 86.9 Å². The lowest BCUT2D eigenvalue weighted by molar-refractivity contribution is -0.384. The van der Waals surface area contributed by atoms with E-state index >= 15 is 0 Å². The normalized spacial score (nSPS) is 18.8. The van der Waals surface area contributed by atoms with Crippen LogP contribution in [-0.4, -0.2) is 25.5 Å². The molecule has 10 heteroatoms. The number of fused-ring (bicyclic) bond motifs is 1. The van der Waals surface area contributed by atoms with Gasteiger partial charge in [0.15, 0.2) is 5.78 Å². The van der Waals surface area contributed by atoms with Crippen LogP contribution in [0.3, 0.4) is 0 Å². The Balaban J connectivity index is 1.47. The molecule has 0 amide bonds. The molecule has 0 spiro atoms. The fraction of sp³-hybridized carbons (Fsp3) is 0.292. The van der Waals surface area contributed by atoms with Crippen molar-refractivity contribution in [1.82, 2.24) is 14.8 Å². The number of non-ortho nitro benzene ring substituents is 1. The van der Waals surface area contributed by atoms with Crippen LogP contribution < -0.4 is 5.32 Å². The van der Waals surface area contributed by atoms with Crippen molar-refractivity contribution >= 4 is 29.2 Å². The van der Waals surface area contributed by atoms with Gasteiger partial charge in [0.05, 0.1) is 4.92 Å². The Bertz CT molecular complexity index is 1320. The Morgan fingerprint density at radius 1 is 1.18 bits per heavy atom. The van der Waals surface area contributed by atoms with Crippen molar-refractivity contribution in [3.63, 3.8) is 0 Å². The summed E-state index contributed by atoms with van der Waals surface area (Å²) in [6, 6.07) is 12.0. The van der Waals surface area contributed by atoms with Gasteiger partial charge in [-0.25, -0.2) is 9.07 Å². The maximum absolute atomic E-state index is 13.6. The number of Topliss-reactive ketones (excluding diaryl/α,β-unsaturated/α-hetero) is 1. The second-order valence-corrected chi connectivity index (χ2v) is 10.2. The highest BCUT2D eigenvalue weighted by atomic mass is 32.2. The second kappa shape index (κ2) is 8.35. The first-order valence-electron chi connectivity index (χ1n) is 10.8. The van der Waals surface area contributed by atoms with Gasteiger partial charge in [0.25, 0.3) is 5.69 Å². The lowest BCUT2D eigenvalue weighted by Gasteiger charge is -2.38. The standard InChI is InChI=1S/C24H22FN5O3S/c1-24(2)11-18-20(19(31)12-24)21(15-5-7-16(25)8-6-15)29-22(26-18)27-23(28-29)34-13-14-3-9-17(10-4-14)30(32)33/h3-10,21H,11-13H2,1-2H3,(H,26,27,28)/t21-/m1/s1. The Morgan fingerprint density at radius 3 is 2.56 bits per heavy atom. The molecule has 1 aromatic heterocycles. The molecule has 1 atom stereocenters. The fourth-order valence-corrected chi connectivity index (χ4v) is 5.25. The maximum atomic E-state index is 13.6. The molecule has 3 aromatic rings. The smallest absolute Gasteiger partial charge is 0.269 e. The van der Waals surface area contributed by atoms with Crippen LogP contribution in [0.2, 0.25) is 0 Å². The largest absolute Gasteiger partial charge is 0.328 e. The number of hydrogen-bond donors (Lipinski definition) is 1. The molecule has 0 radical (unpaired) electrons. The van der Waals surface area contributed by atoms with Gasteiger partial charge in [-0.05, 0) is 35.1 Å². The minimum Gasteiger partial charge on any atom is -0.328 e. The summed E-state index contributed by atoms with van der Waals surface area (Å²) >= 11 is 1.40. The molecule has 1 aliphatic heterocycles. The molecule has 0 saturated heterocycles. The third-order valence-electron chi connectivity index (χ3n) is 6.01. The first-order chi connectivity index (χ1) is 16.2. The molecule has 0 bridgehead atoms. The monoisotopic (exact) mass is 479 g/mol. The van der Waals surface area contributed by atoms with Gasteiger partial charge in [-0.1, -0.05) is 49.9 Å². The maximum Gasteiger partial charge on any atom is 0.269 e. The molecular weight excluding hydrogens is 457 g/mol. The van der Waals surface area contributed by atoms with Gasteiger partial charge in [-0.3, -0.25) is 14.9 Å². The second-order valence-electron chi connectivity index (χ2n) is 9.29. The average Bonchev–Trinajstić information content (AvgIpc) is 3.19. The third kappa shape index (κ3) is 4.21. The third-order valence-corrected chi connectivity index (χ3v) is 6.92. The van der Waals surface area contributed by atoms with Gasteiger partial charge in [-0.2, -0.15) is 4.98 Å². The van der Waals surface area contributed by atoms with Gasteiger partial charge >= 0.3 is 0 Å². The number of nitrogens with one attached hydrogen (secondary N) is 1. The van der Waals surface area contributed by atoms with E-state index in [4.69, 9.17) is 0 Å². The van der Waals surface area contributed by atoms with Crippen molar-refractivity contribution in [2.75, 3.05) is 5.32 Å². The van der Waals surface area contributed by atoms with E-state index in [9.17, 15) is 19.3 Å². The van der Waals surface area contributed by atoms with Crippen LogP contribution in [0.4, 0.5) is 16.0 Å². The van der Waals surface area contributed by atoms with E-state index in [0.29, 0.717) is 35.3 Å². The number of nitrogens with zero attached hydrogens (tertiary/aromatic N) is 4. The molecule has 2 heterocycles. The highest BCUT2D eigenvalue weighted by Gasteiger charge is 2.41. The zero-order valence-corrected chi connectivity index (χ0v) is 19.4. The number of aromatic nitrogens is 3. The molecule has 2 aliphatic rings. The summed E-state index contributed by atoms with van der Waals surface area (Å²) in [6.45, 7) is 4.13. The van der Waals surface area contributed by atoms with Crippen LogP contribution in [0.15, 0.2) is 65.0 Å². The van der Waals surface area contributed by atoms with Crippen LogP contribution in [-0.2, 0) is 10.5 Å². The number of halogens is 1. The van der Waals surface area contributed by atoms with E-state index in [1.165, 1.54) is 36.0 Å². The van der Waals surface area contributed by atoms with Crippen molar-refractivity contribution in [1.29, 1.82) is 0 Å². The lowest BCUT2D eigenvalue weighted by Crippen LogP contribution is -2.36. The molecule has 5 rings (SSSR count). The molecule has 34 heavy (non-hydrogen) atoms. The van der Waals surface area contributed by atoms with Crippen LogP contribution >= 0.6 is 11.8 Å². The summed E-state index contributed by atoms with van der Waals surface area (Å²) in [4.78, 5) is 28.3. The van der Waals surface area contributed by atoms with Crippen molar-refractivity contribution in [3.8, 4) is 0 Å². The SMILES string of the molecule is CC1(C)CC(=O)C2=C(C1)Nc1nc(SCc3ccc([N+](=O)[O-])cc3)nn1[C@@H]2c1ccc(F)cc1. The number of ketones is 1.